The molecule has 4 N–H and O–H groups in total. The van der Waals surface area contributed by atoms with Crippen LogP contribution < -0.4 is 21.3 Å². The maximum atomic E-state index is 7.62. The summed E-state index contributed by atoms with van der Waals surface area (Å²) in [5.41, 5.74) is 0. The van der Waals surface area contributed by atoms with Crippen LogP contribution in [0.5, 0.6) is 0 Å². The van der Waals surface area contributed by atoms with Crippen LogP contribution in [0.25, 0.3) is 0 Å². The van der Waals surface area contributed by atoms with Crippen LogP contribution in [-0.2, 0) is 15.2 Å². The van der Waals surface area contributed by atoms with E-state index in [-0.39, 0.29) is 0 Å². The predicted molar refractivity (Wildman–Crippen MR) is 71.9 cm³/mol. The summed E-state index contributed by atoms with van der Waals surface area (Å²) >= 11 is -0.431. The molecule has 0 aromatic carbocycles. The minimum atomic E-state index is -0.431. The van der Waals surface area contributed by atoms with Crippen LogP contribution in [0.1, 0.15) is 12.8 Å². The van der Waals surface area contributed by atoms with Crippen molar-refractivity contribution in [2.24, 2.45) is 0 Å². The Hall–Kier alpha value is -0.648. The van der Waals surface area contributed by atoms with Gasteiger partial charge in [-0.05, 0) is 39.0 Å². The van der Waals surface area contributed by atoms with Crippen LogP contribution in [0.15, 0.2) is 0 Å². The molecule has 1 fully saturated rings. The molecule has 6 nitrogen and oxygen atoms in total. The fraction of sp³-hybridized carbons (Fsp3) is 0.833. The first-order chi connectivity index (χ1) is 9.41. The molecular weight excluding hydrogens is 280 g/mol. The van der Waals surface area contributed by atoms with Gasteiger partial charge >= 0.3 is 35.6 Å². The van der Waals surface area contributed by atoms with Crippen LogP contribution in [0.2, 0.25) is 0 Å². The number of nitrogens with one attached hydrogen (secondary N) is 4. The zero-order valence-electron chi connectivity index (χ0n) is 11.4. The van der Waals surface area contributed by atoms with E-state index in [2.05, 4.69) is 21.3 Å². The van der Waals surface area contributed by atoms with Gasteiger partial charge in [0.1, 0.15) is 0 Å². The van der Waals surface area contributed by atoms with Crippen molar-refractivity contribution < 1.29 is 15.2 Å². The second-order valence-electron chi connectivity index (χ2n) is 3.99. The Balaban J connectivity index is 0.000000555. The van der Waals surface area contributed by atoms with Gasteiger partial charge in [0.2, 0.25) is 0 Å². The van der Waals surface area contributed by atoms with Crippen molar-refractivity contribution in [3.05, 3.63) is 0 Å². The molecule has 0 aromatic rings. The Morgan fingerprint density at radius 3 is 1.11 bits per heavy atom. The van der Waals surface area contributed by atoms with Crippen molar-refractivity contribution in [2.45, 2.75) is 12.8 Å². The van der Waals surface area contributed by atoms with E-state index in [1.807, 2.05) is 0 Å². The molecule has 1 heterocycles. The summed E-state index contributed by atoms with van der Waals surface area (Å²) in [7, 11) is 0. The van der Waals surface area contributed by atoms with Gasteiger partial charge in [-0.3, -0.25) is 0 Å². The van der Waals surface area contributed by atoms with E-state index >= 15 is 0 Å². The summed E-state index contributed by atoms with van der Waals surface area (Å²) in [4.78, 5) is 3.44. The van der Waals surface area contributed by atoms with E-state index in [0.717, 1.165) is 52.4 Å². The summed E-state index contributed by atoms with van der Waals surface area (Å²) in [6.07, 6.45) is 2.44. The van der Waals surface area contributed by atoms with Crippen molar-refractivity contribution in [1.29, 1.82) is 10.5 Å². The Labute approximate surface area is 122 Å². The maximum absolute atomic E-state index is 7.62. The van der Waals surface area contributed by atoms with Crippen LogP contribution in [0, 0.1) is 20.4 Å². The third kappa shape index (κ3) is 17.4. The molecule has 1 aliphatic rings. The third-order valence-corrected chi connectivity index (χ3v) is 2.75. The second-order valence-corrected chi connectivity index (χ2v) is 4.88. The Morgan fingerprint density at radius 2 is 0.895 bits per heavy atom. The van der Waals surface area contributed by atoms with Gasteiger partial charge in [-0.25, -0.2) is 0 Å². The van der Waals surface area contributed by atoms with Crippen molar-refractivity contribution in [3.63, 3.8) is 0 Å². The van der Waals surface area contributed by atoms with E-state index in [9.17, 15) is 0 Å². The van der Waals surface area contributed by atoms with Gasteiger partial charge in [-0.15, -0.1) is 0 Å². The molecule has 0 saturated carbocycles. The Bertz CT molecular complexity index is 195. The molecule has 0 spiro atoms. The topological polar surface area (TPSA) is 95.7 Å². The fourth-order valence-corrected chi connectivity index (χ4v) is 1.61. The van der Waals surface area contributed by atoms with E-state index in [1.54, 1.807) is 9.86 Å². The minimum absolute atomic E-state index is 0.431. The third-order valence-electron chi connectivity index (χ3n) is 2.46. The van der Waals surface area contributed by atoms with Gasteiger partial charge in [0.25, 0.3) is 0 Å². The van der Waals surface area contributed by atoms with Crippen LogP contribution >= 0.6 is 0 Å². The molecule has 0 unspecified atom stereocenters. The Morgan fingerprint density at radius 1 is 0.579 bits per heavy atom. The molecule has 7 heteroatoms. The van der Waals surface area contributed by atoms with Gasteiger partial charge in [0.15, 0.2) is 0 Å². The molecule has 1 aliphatic heterocycles. The zero-order valence-corrected chi connectivity index (χ0v) is 12.6. The molecule has 1 rings (SSSR count). The fourth-order valence-electron chi connectivity index (χ4n) is 1.55. The Kier molecular flexibility index (Phi) is 16.8. The molecule has 0 atom stereocenters. The first kappa shape index (κ1) is 18.4. The normalized spacial score (nSPS) is 18.8. The number of nitriles is 2. The SMILES string of the molecule is C1CNCCNCCCNCCNC1.N#[C][Cr][C]#N. The first-order valence-corrected chi connectivity index (χ1v) is 7.96. The summed E-state index contributed by atoms with van der Waals surface area (Å²) in [6, 6.07) is 0. The molecule has 0 amide bonds. The summed E-state index contributed by atoms with van der Waals surface area (Å²) in [5.74, 6) is 0. The molecule has 0 aromatic heterocycles. The molecule has 0 aliphatic carbocycles. The van der Waals surface area contributed by atoms with Crippen molar-refractivity contribution in [2.75, 3.05) is 52.4 Å². The second kappa shape index (κ2) is 17.4. The number of hydrogen-bond donors (Lipinski definition) is 4. The van der Waals surface area contributed by atoms with Gasteiger partial charge in [-0.2, -0.15) is 0 Å². The van der Waals surface area contributed by atoms with Crippen LogP contribution in [0.4, 0.5) is 0 Å². The molecular formula is C12H24CrN6. The van der Waals surface area contributed by atoms with E-state index in [1.165, 1.54) is 12.8 Å². The van der Waals surface area contributed by atoms with Crippen molar-refractivity contribution in [3.8, 4) is 9.86 Å². The monoisotopic (exact) mass is 304 g/mol. The molecule has 19 heavy (non-hydrogen) atoms. The number of nitrogens with zero attached hydrogens (tertiary/aromatic N) is 2. The van der Waals surface area contributed by atoms with Crippen molar-refractivity contribution in [1.82, 2.24) is 21.3 Å². The number of rotatable bonds is 0. The van der Waals surface area contributed by atoms with Gasteiger partial charge in [0, 0.05) is 26.2 Å². The molecule has 108 valence electrons. The van der Waals surface area contributed by atoms with E-state index in [4.69, 9.17) is 10.5 Å². The first-order valence-electron chi connectivity index (χ1n) is 6.68. The van der Waals surface area contributed by atoms with Crippen molar-refractivity contribution >= 4 is 0 Å². The van der Waals surface area contributed by atoms with E-state index < -0.39 is 15.2 Å². The van der Waals surface area contributed by atoms with E-state index in [0.29, 0.717) is 0 Å². The molecule has 0 bridgehead atoms. The van der Waals surface area contributed by atoms with Gasteiger partial charge in [-0.1, -0.05) is 0 Å². The number of hydrogen-bond acceptors (Lipinski definition) is 6. The van der Waals surface area contributed by atoms with Crippen LogP contribution in [-0.4, -0.2) is 52.4 Å². The quantitative estimate of drug-likeness (QED) is 0.466. The van der Waals surface area contributed by atoms with Gasteiger partial charge in [0.05, 0.1) is 0 Å². The molecule has 0 radical (unpaired) electrons. The average molecular weight is 304 g/mol. The van der Waals surface area contributed by atoms with Gasteiger partial charge < -0.3 is 21.3 Å². The summed E-state index contributed by atoms with van der Waals surface area (Å²) in [5, 5.41) is 28.9. The molecule has 1 saturated heterocycles. The predicted octanol–water partition coefficient (Wildman–Crippen LogP) is -0.830. The summed E-state index contributed by atoms with van der Waals surface area (Å²) in [6.45, 7) is 8.87. The standard InChI is InChI=1S/C10H24N4.2CN.Cr/c1-3-11-7-9-13-5-2-6-14-10-8-12-4-1;2*1-2;/h11-14H,1-10H2;;;. The zero-order chi connectivity index (χ0) is 14.0. The summed E-state index contributed by atoms with van der Waals surface area (Å²) < 4.78 is 0. The van der Waals surface area contributed by atoms with Crippen LogP contribution in [0.3, 0.4) is 0 Å². The average Bonchev–Trinajstić information content (AvgIpc) is 2.43.